The quantitative estimate of drug-likeness (QED) is 0.391. The van der Waals surface area contributed by atoms with Gasteiger partial charge in [-0.1, -0.05) is 59.1 Å². The normalized spacial score (nSPS) is 11.1. The Labute approximate surface area is 191 Å². The second-order valence-electron chi connectivity index (χ2n) is 7.66. The largest absolute Gasteiger partial charge is 0.352 e. The first-order chi connectivity index (χ1) is 14.9. The minimum atomic E-state index is -0.0686. The maximum Gasteiger partial charge on any atom is 0.251 e. The number of nitrogens with one attached hydrogen (secondary N) is 1. The maximum absolute atomic E-state index is 12.6. The van der Waals surface area contributed by atoms with Crippen LogP contribution in [0.15, 0.2) is 60.7 Å². The number of benzene rings is 3. The van der Waals surface area contributed by atoms with Crippen molar-refractivity contribution in [2.75, 3.05) is 6.54 Å². The number of nitrogens with zero attached hydrogens (tertiary/aromatic N) is 2. The fourth-order valence-corrected chi connectivity index (χ4v) is 4.23. The third kappa shape index (κ3) is 4.76. The van der Waals surface area contributed by atoms with Crippen molar-refractivity contribution < 1.29 is 4.79 Å². The van der Waals surface area contributed by atoms with Gasteiger partial charge in [0.15, 0.2) is 0 Å². The zero-order chi connectivity index (χ0) is 22.0. The van der Waals surface area contributed by atoms with E-state index in [1.807, 2.05) is 68.4 Å². The number of aryl methyl sites for hydroxylation is 2. The first-order valence-electron chi connectivity index (χ1n) is 10.2. The lowest BCUT2D eigenvalue weighted by Crippen LogP contribution is -2.27. The number of halogens is 2. The lowest BCUT2D eigenvalue weighted by atomic mass is 10.1. The van der Waals surface area contributed by atoms with Crippen LogP contribution >= 0.6 is 23.2 Å². The molecule has 1 aromatic heterocycles. The molecule has 1 amide bonds. The lowest BCUT2D eigenvalue weighted by Gasteiger charge is -2.12. The summed E-state index contributed by atoms with van der Waals surface area (Å²) >= 11 is 12.5. The van der Waals surface area contributed by atoms with Crippen LogP contribution in [0.4, 0.5) is 0 Å². The molecule has 0 atom stereocenters. The second kappa shape index (κ2) is 9.13. The van der Waals surface area contributed by atoms with Gasteiger partial charge in [0.2, 0.25) is 0 Å². The third-order valence-electron chi connectivity index (χ3n) is 5.34. The van der Waals surface area contributed by atoms with Crippen LogP contribution in [0.2, 0.25) is 10.0 Å². The van der Waals surface area contributed by atoms with Crippen LogP contribution in [0.1, 0.15) is 32.9 Å². The molecule has 4 aromatic rings. The zero-order valence-corrected chi connectivity index (χ0v) is 19.0. The van der Waals surface area contributed by atoms with Crippen LogP contribution in [0.25, 0.3) is 11.0 Å². The van der Waals surface area contributed by atoms with E-state index < -0.39 is 0 Å². The Balaban J connectivity index is 1.54. The van der Waals surface area contributed by atoms with E-state index in [0.29, 0.717) is 35.1 Å². The molecule has 4 nitrogen and oxygen atoms in total. The van der Waals surface area contributed by atoms with Gasteiger partial charge in [-0.05, 0) is 55.3 Å². The molecular formula is C25H23Cl2N3O. The number of hydrogen-bond donors (Lipinski definition) is 1. The molecule has 0 radical (unpaired) electrons. The summed E-state index contributed by atoms with van der Waals surface area (Å²) in [6, 6.07) is 19.4. The van der Waals surface area contributed by atoms with Gasteiger partial charge >= 0.3 is 0 Å². The van der Waals surface area contributed by atoms with Gasteiger partial charge in [-0.2, -0.15) is 0 Å². The minimum Gasteiger partial charge on any atom is -0.352 e. The fourth-order valence-electron chi connectivity index (χ4n) is 3.76. The molecule has 0 unspecified atom stereocenters. The number of carbonyl (C=O) groups excluding carboxylic acids is 1. The average Bonchev–Trinajstić information content (AvgIpc) is 3.07. The summed E-state index contributed by atoms with van der Waals surface area (Å²) in [6.45, 7) is 5.05. The lowest BCUT2D eigenvalue weighted by molar-refractivity contribution is 0.0953. The number of para-hydroxylation sites is 2. The summed E-state index contributed by atoms with van der Waals surface area (Å²) < 4.78 is 2.15. The van der Waals surface area contributed by atoms with E-state index in [2.05, 4.69) is 9.88 Å². The van der Waals surface area contributed by atoms with E-state index in [9.17, 15) is 4.79 Å². The molecule has 1 N–H and O–H groups in total. The van der Waals surface area contributed by atoms with Crippen LogP contribution in [-0.2, 0) is 13.0 Å². The van der Waals surface area contributed by atoms with Crippen molar-refractivity contribution >= 4 is 40.1 Å². The summed E-state index contributed by atoms with van der Waals surface area (Å²) in [4.78, 5) is 17.4. The van der Waals surface area contributed by atoms with Gasteiger partial charge in [0.1, 0.15) is 5.82 Å². The summed E-state index contributed by atoms with van der Waals surface area (Å²) in [6.07, 6.45) is 0.608. The molecule has 158 valence electrons. The van der Waals surface area contributed by atoms with Gasteiger partial charge in [0.25, 0.3) is 5.91 Å². The van der Waals surface area contributed by atoms with E-state index in [1.54, 1.807) is 6.07 Å². The van der Waals surface area contributed by atoms with Crippen LogP contribution in [0.3, 0.4) is 0 Å². The molecule has 0 saturated heterocycles. The minimum absolute atomic E-state index is 0.0686. The molecule has 31 heavy (non-hydrogen) atoms. The Kier molecular flexibility index (Phi) is 6.30. The maximum atomic E-state index is 12.6. The second-order valence-corrected chi connectivity index (χ2v) is 8.51. The average molecular weight is 452 g/mol. The smallest absolute Gasteiger partial charge is 0.251 e. The first kappa shape index (κ1) is 21.4. The van der Waals surface area contributed by atoms with Crippen molar-refractivity contribution in [2.24, 2.45) is 0 Å². The first-order valence-corrected chi connectivity index (χ1v) is 10.9. The molecule has 3 aromatic carbocycles. The number of imidazole rings is 1. The van der Waals surface area contributed by atoms with Gasteiger partial charge in [-0.25, -0.2) is 4.98 Å². The highest BCUT2D eigenvalue weighted by atomic mass is 35.5. The molecule has 6 heteroatoms. The summed E-state index contributed by atoms with van der Waals surface area (Å²) in [5, 5.41) is 4.26. The number of fused-ring (bicyclic) bond motifs is 1. The topological polar surface area (TPSA) is 46.9 Å². The van der Waals surface area contributed by atoms with E-state index in [-0.39, 0.29) is 5.91 Å². The van der Waals surface area contributed by atoms with Crippen molar-refractivity contribution in [3.63, 3.8) is 0 Å². The monoisotopic (exact) mass is 451 g/mol. The molecule has 0 saturated carbocycles. The van der Waals surface area contributed by atoms with Gasteiger partial charge in [-0.3, -0.25) is 4.79 Å². The summed E-state index contributed by atoms with van der Waals surface area (Å²) in [5.74, 6) is 0.828. The van der Waals surface area contributed by atoms with Crippen LogP contribution in [0, 0.1) is 13.8 Å². The van der Waals surface area contributed by atoms with Crippen molar-refractivity contribution in [1.82, 2.24) is 14.9 Å². The molecule has 4 rings (SSSR count). The predicted octanol–water partition coefficient (Wildman–Crippen LogP) is 5.98. The van der Waals surface area contributed by atoms with E-state index in [1.165, 1.54) is 0 Å². The number of aromatic nitrogens is 2. The van der Waals surface area contributed by atoms with E-state index >= 15 is 0 Å². The van der Waals surface area contributed by atoms with Crippen molar-refractivity contribution in [1.29, 1.82) is 0 Å². The highest BCUT2D eigenvalue weighted by Gasteiger charge is 2.14. The Morgan fingerprint density at radius 2 is 1.84 bits per heavy atom. The SMILES string of the molecule is Cc1ccc(C(=O)NCCc2nc3ccccc3n2Cc2ccc(Cl)cc2Cl)c(C)c1. The van der Waals surface area contributed by atoms with Gasteiger partial charge in [0.05, 0.1) is 17.6 Å². The van der Waals surface area contributed by atoms with Gasteiger partial charge in [-0.15, -0.1) is 0 Å². The molecule has 0 aliphatic carbocycles. The number of hydrogen-bond acceptors (Lipinski definition) is 2. The van der Waals surface area contributed by atoms with Crippen molar-refractivity contribution in [3.05, 3.63) is 98.8 Å². The van der Waals surface area contributed by atoms with E-state index in [4.69, 9.17) is 28.2 Å². The predicted molar refractivity (Wildman–Crippen MR) is 127 cm³/mol. The summed E-state index contributed by atoms with van der Waals surface area (Å²) in [7, 11) is 0. The number of rotatable bonds is 6. The third-order valence-corrected chi connectivity index (χ3v) is 5.92. The Morgan fingerprint density at radius 3 is 2.61 bits per heavy atom. The van der Waals surface area contributed by atoms with Crippen LogP contribution < -0.4 is 5.32 Å². The van der Waals surface area contributed by atoms with E-state index in [0.717, 1.165) is 33.5 Å². The molecule has 1 heterocycles. The van der Waals surface area contributed by atoms with Crippen molar-refractivity contribution in [3.8, 4) is 0 Å². The Morgan fingerprint density at radius 1 is 1.03 bits per heavy atom. The zero-order valence-electron chi connectivity index (χ0n) is 17.5. The Hall–Kier alpha value is -2.82. The van der Waals surface area contributed by atoms with Crippen LogP contribution in [0.5, 0.6) is 0 Å². The Bertz CT molecular complexity index is 1260. The summed E-state index contributed by atoms with van der Waals surface area (Å²) in [5.41, 5.74) is 5.74. The standard InChI is InChI=1S/C25H23Cl2N3O/c1-16-7-10-20(17(2)13-16)25(31)28-12-11-24-29-22-5-3-4-6-23(22)30(24)15-18-8-9-19(26)14-21(18)27/h3-10,13-14H,11-12,15H2,1-2H3,(H,28,31). The number of carbonyl (C=O) groups is 1. The highest BCUT2D eigenvalue weighted by molar-refractivity contribution is 6.35. The molecule has 0 aliphatic rings. The van der Waals surface area contributed by atoms with Crippen LogP contribution in [-0.4, -0.2) is 22.0 Å². The molecule has 0 spiro atoms. The highest BCUT2D eigenvalue weighted by Crippen LogP contribution is 2.25. The molecule has 0 fully saturated rings. The van der Waals surface area contributed by atoms with Gasteiger partial charge < -0.3 is 9.88 Å². The molecule has 0 aliphatic heterocycles. The van der Waals surface area contributed by atoms with Crippen molar-refractivity contribution in [2.45, 2.75) is 26.8 Å². The van der Waals surface area contributed by atoms with Gasteiger partial charge in [0, 0.05) is 28.6 Å². The molecule has 0 bridgehead atoms. The fraction of sp³-hybridized carbons (Fsp3) is 0.200. The molecular weight excluding hydrogens is 429 g/mol. The number of amides is 1.